The first-order valence-electron chi connectivity index (χ1n) is 6.98. The lowest BCUT2D eigenvalue weighted by Gasteiger charge is -2.21. The third-order valence-corrected chi connectivity index (χ3v) is 2.82. The highest BCUT2D eigenvalue weighted by atomic mass is 16.6. The van der Waals surface area contributed by atoms with Crippen LogP contribution in [0.1, 0.15) is 46.1 Å². The second kappa shape index (κ2) is 7.24. The van der Waals surface area contributed by atoms with Gasteiger partial charge in [0.15, 0.2) is 0 Å². The fourth-order valence-corrected chi connectivity index (χ4v) is 1.65. The molecule has 1 aromatic carbocycles. The van der Waals surface area contributed by atoms with Gasteiger partial charge in [-0.2, -0.15) is 0 Å². The van der Waals surface area contributed by atoms with Crippen molar-refractivity contribution in [1.82, 2.24) is 5.32 Å². The first-order chi connectivity index (χ1) is 9.33. The van der Waals surface area contributed by atoms with Gasteiger partial charge < -0.3 is 10.1 Å². The second-order valence-electron chi connectivity index (χ2n) is 5.85. The summed E-state index contributed by atoms with van der Waals surface area (Å²) in [6, 6.07) is 4.76. The molecular weight excluding hydrogens is 256 g/mol. The molecule has 0 aliphatic carbocycles. The third kappa shape index (κ3) is 5.57. The van der Waals surface area contributed by atoms with E-state index in [2.05, 4.69) is 33.0 Å². The van der Waals surface area contributed by atoms with Crippen molar-refractivity contribution >= 4 is 5.69 Å². The molecule has 0 saturated carbocycles. The number of non-ortho nitro benzene ring substituents is 1. The quantitative estimate of drug-likeness (QED) is 0.470. The van der Waals surface area contributed by atoms with Crippen molar-refractivity contribution in [1.29, 1.82) is 0 Å². The Hall–Kier alpha value is -1.62. The minimum atomic E-state index is -0.379. The molecule has 0 atom stereocenters. The summed E-state index contributed by atoms with van der Waals surface area (Å²) in [5.74, 6) is 0.723. The molecule has 1 aromatic rings. The van der Waals surface area contributed by atoms with Crippen molar-refractivity contribution in [2.24, 2.45) is 0 Å². The van der Waals surface area contributed by atoms with Gasteiger partial charge in [0.05, 0.1) is 11.5 Å². The van der Waals surface area contributed by atoms with E-state index in [0.29, 0.717) is 13.2 Å². The van der Waals surface area contributed by atoms with E-state index < -0.39 is 0 Å². The average molecular weight is 280 g/mol. The largest absolute Gasteiger partial charge is 0.493 e. The van der Waals surface area contributed by atoms with E-state index in [1.165, 1.54) is 6.07 Å². The summed E-state index contributed by atoms with van der Waals surface area (Å²) in [4.78, 5) is 10.5. The molecular formula is C15H24N2O3. The summed E-state index contributed by atoms with van der Waals surface area (Å²) < 4.78 is 5.71. The molecule has 0 unspecified atom stereocenters. The molecule has 1 N–H and O–H groups in total. The van der Waals surface area contributed by atoms with Gasteiger partial charge in [0, 0.05) is 29.8 Å². The van der Waals surface area contributed by atoms with Crippen LogP contribution in [0.25, 0.3) is 0 Å². The lowest BCUT2D eigenvalue weighted by molar-refractivity contribution is -0.384. The van der Waals surface area contributed by atoms with E-state index in [1.54, 1.807) is 12.1 Å². The van der Waals surface area contributed by atoms with Gasteiger partial charge in [-0.15, -0.1) is 0 Å². The molecule has 0 saturated heterocycles. The van der Waals surface area contributed by atoms with Crippen LogP contribution < -0.4 is 10.1 Å². The topological polar surface area (TPSA) is 64.4 Å². The first kappa shape index (κ1) is 16.4. The number of ether oxygens (including phenoxy) is 1. The van der Waals surface area contributed by atoms with Gasteiger partial charge >= 0.3 is 0 Å². The van der Waals surface area contributed by atoms with E-state index in [4.69, 9.17) is 4.74 Å². The maximum atomic E-state index is 10.9. The molecule has 0 fully saturated rings. The van der Waals surface area contributed by atoms with Crippen LogP contribution in [0.4, 0.5) is 5.69 Å². The van der Waals surface area contributed by atoms with Crippen molar-refractivity contribution in [3.05, 3.63) is 33.9 Å². The zero-order valence-electron chi connectivity index (χ0n) is 12.7. The summed E-state index contributed by atoms with van der Waals surface area (Å²) in [5.41, 5.74) is 0.870. The molecule has 112 valence electrons. The number of hydrogen-bond acceptors (Lipinski definition) is 4. The highest BCUT2D eigenvalue weighted by Crippen LogP contribution is 2.25. The fraction of sp³-hybridized carbons (Fsp3) is 0.600. The van der Waals surface area contributed by atoms with Crippen molar-refractivity contribution in [3.63, 3.8) is 0 Å². The molecule has 0 aromatic heterocycles. The van der Waals surface area contributed by atoms with Gasteiger partial charge in [0.25, 0.3) is 5.69 Å². The van der Waals surface area contributed by atoms with Crippen LogP contribution in [-0.2, 0) is 6.54 Å². The predicted molar refractivity (Wildman–Crippen MR) is 80.1 cm³/mol. The zero-order chi connectivity index (χ0) is 15.2. The van der Waals surface area contributed by atoms with Gasteiger partial charge in [0.1, 0.15) is 5.75 Å². The molecule has 0 heterocycles. The molecule has 0 aliphatic rings. The maximum Gasteiger partial charge on any atom is 0.270 e. The molecule has 5 heteroatoms. The highest BCUT2D eigenvalue weighted by molar-refractivity contribution is 5.43. The van der Waals surface area contributed by atoms with Gasteiger partial charge in [-0.05, 0) is 33.3 Å². The Morgan fingerprint density at radius 2 is 2.05 bits per heavy atom. The van der Waals surface area contributed by atoms with Crippen LogP contribution in [0, 0.1) is 10.1 Å². The van der Waals surface area contributed by atoms with Crippen molar-refractivity contribution in [3.8, 4) is 5.75 Å². The second-order valence-corrected chi connectivity index (χ2v) is 5.85. The summed E-state index contributed by atoms with van der Waals surface area (Å²) >= 11 is 0. The summed E-state index contributed by atoms with van der Waals surface area (Å²) in [6.07, 6.45) is 2.03. The molecule has 20 heavy (non-hydrogen) atoms. The maximum absolute atomic E-state index is 10.9. The Bertz CT molecular complexity index is 453. The van der Waals surface area contributed by atoms with Gasteiger partial charge in [-0.3, -0.25) is 10.1 Å². The van der Waals surface area contributed by atoms with Crippen LogP contribution in [-0.4, -0.2) is 17.1 Å². The number of rotatable bonds is 7. The molecule has 0 aliphatic heterocycles. The molecule has 5 nitrogen and oxygen atoms in total. The Balaban J connectivity index is 2.88. The van der Waals surface area contributed by atoms with Gasteiger partial charge in [0.2, 0.25) is 0 Å². The molecule has 0 amide bonds. The summed E-state index contributed by atoms with van der Waals surface area (Å²) in [6.45, 7) is 9.45. The number of nitro benzene ring substituents is 1. The lowest BCUT2D eigenvalue weighted by Crippen LogP contribution is -2.35. The van der Waals surface area contributed by atoms with E-state index >= 15 is 0 Å². The Morgan fingerprint density at radius 3 is 2.60 bits per heavy atom. The molecule has 1 rings (SSSR count). The average Bonchev–Trinajstić information content (AvgIpc) is 2.36. The molecule has 0 spiro atoms. The van der Waals surface area contributed by atoms with Gasteiger partial charge in [-0.25, -0.2) is 0 Å². The molecule has 0 radical (unpaired) electrons. The van der Waals surface area contributed by atoms with Gasteiger partial charge in [-0.1, -0.05) is 13.3 Å². The van der Waals surface area contributed by atoms with E-state index in [0.717, 1.165) is 24.2 Å². The third-order valence-electron chi connectivity index (χ3n) is 2.82. The Morgan fingerprint density at radius 1 is 1.35 bits per heavy atom. The molecule has 0 bridgehead atoms. The number of nitro groups is 1. The van der Waals surface area contributed by atoms with Crippen molar-refractivity contribution in [2.75, 3.05) is 6.61 Å². The van der Waals surface area contributed by atoms with E-state index in [-0.39, 0.29) is 16.1 Å². The first-order valence-corrected chi connectivity index (χ1v) is 6.98. The Labute approximate surface area is 120 Å². The lowest BCUT2D eigenvalue weighted by atomic mass is 10.1. The van der Waals surface area contributed by atoms with E-state index in [1.807, 2.05) is 0 Å². The van der Waals surface area contributed by atoms with E-state index in [9.17, 15) is 10.1 Å². The number of hydrogen-bond donors (Lipinski definition) is 1. The van der Waals surface area contributed by atoms with Crippen LogP contribution in [0.3, 0.4) is 0 Å². The SMILES string of the molecule is CCCCOc1ccc([N+](=O)[O-])cc1CNC(C)(C)C. The number of nitrogens with zero attached hydrogens (tertiary/aromatic N) is 1. The van der Waals surface area contributed by atoms with Crippen LogP contribution in [0.2, 0.25) is 0 Å². The fourth-order valence-electron chi connectivity index (χ4n) is 1.65. The summed E-state index contributed by atoms with van der Waals surface area (Å²) in [7, 11) is 0. The van der Waals surface area contributed by atoms with Crippen LogP contribution >= 0.6 is 0 Å². The summed E-state index contributed by atoms with van der Waals surface area (Å²) in [5, 5.41) is 14.2. The van der Waals surface area contributed by atoms with Crippen molar-refractivity contribution < 1.29 is 9.66 Å². The van der Waals surface area contributed by atoms with Crippen LogP contribution in [0.15, 0.2) is 18.2 Å². The van der Waals surface area contributed by atoms with Crippen LogP contribution in [0.5, 0.6) is 5.75 Å². The zero-order valence-corrected chi connectivity index (χ0v) is 12.7. The highest BCUT2D eigenvalue weighted by Gasteiger charge is 2.15. The standard InChI is InChI=1S/C15H24N2O3/c1-5-6-9-20-14-8-7-13(17(18)19)10-12(14)11-16-15(2,3)4/h7-8,10,16H,5-6,9,11H2,1-4H3. The minimum Gasteiger partial charge on any atom is -0.493 e. The Kier molecular flexibility index (Phi) is 5.95. The number of benzene rings is 1. The monoisotopic (exact) mass is 280 g/mol. The number of unbranched alkanes of at least 4 members (excludes halogenated alkanes) is 1. The minimum absolute atomic E-state index is 0.0503. The predicted octanol–water partition coefficient (Wildman–Crippen LogP) is 3.66. The normalized spacial score (nSPS) is 11.4. The van der Waals surface area contributed by atoms with Crippen molar-refractivity contribution in [2.45, 2.75) is 52.6 Å². The number of nitrogens with one attached hydrogen (secondary N) is 1. The smallest absolute Gasteiger partial charge is 0.270 e.